The molecule has 5 N–H and O–H groups in total. The second-order valence-electron chi connectivity index (χ2n) is 9.45. The number of carboxylic acids is 1. The Labute approximate surface area is 219 Å². The lowest BCUT2D eigenvalue weighted by Crippen LogP contribution is -2.53. The molecule has 218 valence electrons. The number of hydrogen-bond acceptors (Lipinski definition) is 7. The Morgan fingerprint density at radius 2 is 0.889 bits per heavy atom. The van der Waals surface area contributed by atoms with Crippen molar-refractivity contribution < 1.29 is 46.9 Å². The van der Waals surface area contributed by atoms with Crippen LogP contribution in [0.15, 0.2) is 0 Å². The fourth-order valence-electron chi connectivity index (χ4n) is 4.33. The fraction of sp³-hybridized carbons (Fsp3) is 0.960. The molecule has 0 spiro atoms. The lowest BCUT2D eigenvalue weighted by molar-refractivity contribution is -0.929. The average Bonchev–Trinajstić information content (AvgIpc) is 2.81. The quantitative estimate of drug-likeness (QED) is 0.0657. The highest BCUT2D eigenvalue weighted by Gasteiger charge is 2.25. The molecule has 0 rings (SSSR count). The van der Waals surface area contributed by atoms with Gasteiger partial charge in [-0.3, -0.25) is 13.5 Å². The van der Waals surface area contributed by atoms with Crippen molar-refractivity contribution in [3.05, 3.63) is 0 Å². The van der Waals surface area contributed by atoms with Crippen molar-refractivity contribution in [3.63, 3.8) is 0 Å². The zero-order valence-corrected chi connectivity index (χ0v) is 23.3. The van der Waals surface area contributed by atoms with Crippen molar-refractivity contribution in [3.8, 4) is 0 Å². The Morgan fingerprint density at radius 3 is 1.14 bits per heavy atom. The van der Waals surface area contributed by atoms with Gasteiger partial charge in [-0.1, -0.05) is 77.0 Å². The van der Waals surface area contributed by atoms with E-state index in [0.717, 1.165) is 32.9 Å². The summed E-state index contributed by atoms with van der Waals surface area (Å²) in [6.45, 7) is 3.09. The number of aliphatic hydroxyl groups is 3. The van der Waals surface area contributed by atoms with Gasteiger partial charge in [0, 0.05) is 6.42 Å². The lowest BCUT2D eigenvalue weighted by Gasteiger charge is -2.37. The van der Waals surface area contributed by atoms with E-state index in [1.807, 2.05) is 0 Å². The Balaban J connectivity index is 0. The Bertz CT molecular complexity index is 571. The first-order valence-electron chi connectivity index (χ1n) is 13.6. The van der Waals surface area contributed by atoms with E-state index >= 15 is 0 Å². The van der Waals surface area contributed by atoms with Crippen LogP contribution in [0.5, 0.6) is 0 Å². The molecule has 11 heteroatoms. The third-order valence-corrected chi connectivity index (χ3v) is 6.88. The first kappa shape index (κ1) is 37.3. The van der Waals surface area contributed by atoms with Gasteiger partial charge in [-0.25, -0.2) is 0 Å². The van der Waals surface area contributed by atoms with Crippen molar-refractivity contribution >= 4 is 16.4 Å². The number of nitrogens with zero attached hydrogens (tertiary/aromatic N) is 1. The van der Waals surface area contributed by atoms with Gasteiger partial charge in [0.15, 0.2) is 0 Å². The van der Waals surface area contributed by atoms with Crippen LogP contribution in [-0.4, -0.2) is 97.0 Å². The van der Waals surface area contributed by atoms with E-state index in [0.29, 0.717) is 30.5 Å². The van der Waals surface area contributed by atoms with Crippen LogP contribution in [0.3, 0.4) is 0 Å². The van der Waals surface area contributed by atoms with Gasteiger partial charge in [-0.2, -0.15) is 8.42 Å². The molecule has 0 aliphatic rings. The van der Waals surface area contributed by atoms with Crippen molar-refractivity contribution in [2.75, 3.05) is 53.1 Å². The number of aliphatic hydroxyl groups excluding tert-OH is 3. The predicted octanol–water partition coefficient (Wildman–Crippen LogP) is 3.54. The second kappa shape index (κ2) is 25.8. The maximum Gasteiger partial charge on any atom is 0.397 e. The van der Waals surface area contributed by atoms with Gasteiger partial charge in [0.2, 0.25) is 0 Å². The molecule has 0 heterocycles. The highest BCUT2D eigenvalue weighted by atomic mass is 32.3. The largest absolute Gasteiger partial charge is 0.481 e. The topological polar surface area (TPSA) is 162 Å². The smallest absolute Gasteiger partial charge is 0.397 e. The molecule has 0 amide bonds. The molecule has 36 heavy (non-hydrogen) atoms. The summed E-state index contributed by atoms with van der Waals surface area (Å²) in [6, 6.07) is 0. The molecule has 0 fully saturated rings. The van der Waals surface area contributed by atoms with Crippen molar-refractivity contribution in [1.29, 1.82) is 0 Å². The van der Waals surface area contributed by atoms with Crippen molar-refractivity contribution in [2.45, 2.75) is 103 Å². The monoisotopic (exact) mass is 544 g/mol. The minimum atomic E-state index is -4.16. The predicted molar refractivity (Wildman–Crippen MR) is 141 cm³/mol. The maximum atomic E-state index is 10.4. The summed E-state index contributed by atoms with van der Waals surface area (Å²) in [5, 5.41) is 36.5. The van der Waals surface area contributed by atoms with E-state index in [1.165, 1.54) is 77.0 Å². The number of hydrogen-bond donors (Lipinski definition) is 5. The summed E-state index contributed by atoms with van der Waals surface area (Å²) >= 11 is 0. The van der Waals surface area contributed by atoms with Gasteiger partial charge in [-0.15, -0.1) is 0 Å². The lowest BCUT2D eigenvalue weighted by atomic mass is 10.0. The standard InChI is InChI=1S/C24H49NO5.CH4O4S/c26-21-18-25(19-22-27,20-23-28)17-15-13-11-9-7-5-3-1-2-4-6-8-10-12-14-16-24(29)30;1-5-6(2,3)4/h26-28H,1-23H2;1H3,(H,2,3,4)/p+1. The Morgan fingerprint density at radius 1 is 0.611 bits per heavy atom. The van der Waals surface area contributed by atoms with E-state index in [-0.39, 0.29) is 19.8 Å². The number of carboxylic acid groups (broad SMARTS) is 1. The Hall–Kier alpha value is -0.820. The molecule has 0 aromatic rings. The average molecular weight is 545 g/mol. The summed E-state index contributed by atoms with van der Waals surface area (Å²) in [5.41, 5.74) is 0. The van der Waals surface area contributed by atoms with Crippen LogP contribution in [0.25, 0.3) is 0 Å². The molecular weight excluding hydrogens is 490 g/mol. The number of aliphatic carboxylic acids is 1. The molecular formula is C25H54NO9S+. The molecule has 0 saturated heterocycles. The molecule has 0 aliphatic carbocycles. The van der Waals surface area contributed by atoms with E-state index in [2.05, 4.69) is 4.18 Å². The summed E-state index contributed by atoms with van der Waals surface area (Å²) < 4.78 is 30.3. The van der Waals surface area contributed by atoms with E-state index < -0.39 is 16.4 Å². The zero-order chi connectivity index (χ0) is 27.5. The minimum absolute atomic E-state index is 0.104. The van der Waals surface area contributed by atoms with Gasteiger partial charge in [0.1, 0.15) is 19.6 Å². The minimum Gasteiger partial charge on any atom is -0.481 e. The summed E-state index contributed by atoms with van der Waals surface area (Å²) in [5.74, 6) is -0.676. The first-order chi connectivity index (χ1) is 17.2. The number of carbonyl (C=O) groups is 1. The molecule has 0 saturated carbocycles. The van der Waals surface area contributed by atoms with Crippen molar-refractivity contribution in [1.82, 2.24) is 0 Å². The van der Waals surface area contributed by atoms with Crippen LogP contribution in [0, 0.1) is 0 Å². The van der Waals surface area contributed by atoms with Gasteiger partial charge in [0.25, 0.3) is 0 Å². The zero-order valence-electron chi connectivity index (χ0n) is 22.5. The van der Waals surface area contributed by atoms with Crippen LogP contribution in [0.1, 0.15) is 103 Å². The molecule has 0 aromatic carbocycles. The normalized spacial score (nSPS) is 11.8. The molecule has 10 nitrogen and oxygen atoms in total. The third-order valence-electron chi connectivity index (χ3n) is 6.46. The van der Waals surface area contributed by atoms with Crippen LogP contribution < -0.4 is 0 Å². The number of unbranched alkanes of at least 4 members (excludes halogenated alkanes) is 14. The van der Waals surface area contributed by atoms with Crippen LogP contribution in [-0.2, 0) is 19.4 Å². The molecule has 0 unspecified atom stereocenters. The Kier molecular flexibility index (Phi) is 26.8. The molecule has 0 aromatic heterocycles. The van der Waals surface area contributed by atoms with Gasteiger partial charge in [-0.05, 0) is 19.3 Å². The van der Waals surface area contributed by atoms with Gasteiger partial charge < -0.3 is 24.9 Å². The SMILES string of the molecule is COS(=O)(=O)O.O=C(O)CCCCCCCCCCCCCCCCC[N+](CCO)(CCO)CCO. The summed E-state index contributed by atoms with van der Waals surface area (Å²) in [4.78, 5) is 10.4. The molecule has 0 atom stereocenters. The molecule has 0 bridgehead atoms. The van der Waals surface area contributed by atoms with Crippen LogP contribution >= 0.6 is 0 Å². The number of rotatable bonds is 25. The van der Waals surface area contributed by atoms with E-state index in [9.17, 15) is 28.5 Å². The summed E-state index contributed by atoms with van der Waals surface area (Å²) in [6.07, 6.45) is 18.7. The van der Waals surface area contributed by atoms with Gasteiger partial charge >= 0.3 is 16.4 Å². The second-order valence-corrected chi connectivity index (χ2v) is 10.6. The maximum absolute atomic E-state index is 10.4. The molecule has 0 aliphatic heterocycles. The van der Waals surface area contributed by atoms with Crippen LogP contribution in [0.2, 0.25) is 0 Å². The van der Waals surface area contributed by atoms with E-state index in [4.69, 9.17) is 9.66 Å². The van der Waals surface area contributed by atoms with Crippen LogP contribution in [0.4, 0.5) is 0 Å². The van der Waals surface area contributed by atoms with E-state index in [1.54, 1.807) is 0 Å². The molecule has 0 radical (unpaired) electrons. The highest BCUT2D eigenvalue weighted by Crippen LogP contribution is 2.15. The third kappa shape index (κ3) is 27.8. The van der Waals surface area contributed by atoms with Crippen molar-refractivity contribution in [2.24, 2.45) is 0 Å². The van der Waals surface area contributed by atoms with Gasteiger partial charge in [0.05, 0.1) is 33.5 Å². The fourth-order valence-corrected chi connectivity index (χ4v) is 4.33. The number of quaternary nitrogens is 1. The highest BCUT2D eigenvalue weighted by molar-refractivity contribution is 7.80. The summed E-state index contributed by atoms with van der Waals surface area (Å²) in [7, 11) is -3.29. The first-order valence-corrected chi connectivity index (χ1v) is 15.0.